The van der Waals surface area contributed by atoms with Gasteiger partial charge in [-0.25, -0.2) is 9.78 Å². The molecule has 17 heavy (non-hydrogen) atoms. The number of aliphatic hydroxyl groups is 1. The Labute approximate surface area is 104 Å². The summed E-state index contributed by atoms with van der Waals surface area (Å²) in [6, 6.07) is -0.183. The van der Waals surface area contributed by atoms with E-state index < -0.39 is 0 Å². The van der Waals surface area contributed by atoms with Gasteiger partial charge in [-0.2, -0.15) is 0 Å². The highest BCUT2D eigenvalue weighted by Crippen LogP contribution is 2.44. The Kier molecular flexibility index (Phi) is 3.63. The average Bonchev–Trinajstić information content (AvgIpc) is 3.01. The number of aliphatic hydroxyl groups excluding tert-OH is 1. The number of aryl methyl sites for hydroxylation is 1. The summed E-state index contributed by atoms with van der Waals surface area (Å²) in [5.74, 6) is 0. The summed E-state index contributed by atoms with van der Waals surface area (Å²) in [4.78, 5) is 16.7. The van der Waals surface area contributed by atoms with Crippen LogP contribution in [-0.4, -0.2) is 29.3 Å². The number of nitrogens with one attached hydrogen (secondary N) is 2. The lowest BCUT2D eigenvalue weighted by atomic mass is 10.1. The van der Waals surface area contributed by atoms with E-state index in [1.165, 1.54) is 11.3 Å². The molecule has 0 saturated heterocycles. The molecule has 0 atom stereocenters. The third-order valence-corrected chi connectivity index (χ3v) is 4.11. The summed E-state index contributed by atoms with van der Waals surface area (Å²) in [7, 11) is 0. The Hall–Kier alpha value is -1.14. The van der Waals surface area contributed by atoms with Gasteiger partial charge in [0.25, 0.3) is 0 Å². The number of thiazole rings is 1. The molecule has 0 aliphatic heterocycles. The highest BCUT2D eigenvalue weighted by Gasteiger charge is 2.42. The molecule has 2 rings (SSSR count). The summed E-state index contributed by atoms with van der Waals surface area (Å²) in [6.07, 6.45) is 2.00. The molecule has 5 nitrogen and oxygen atoms in total. The fourth-order valence-electron chi connectivity index (χ4n) is 1.55. The maximum atomic E-state index is 11.5. The zero-order chi connectivity index (χ0) is 12.3. The van der Waals surface area contributed by atoms with Crippen LogP contribution in [0.3, 0.4) is 0 Å². The molecular weight excluding hydrogens is 238 g/mol. The monoisotopic (exact) mass is 255 g/mol. The highest BCUT2D eigenvalue weighted by molar-refractivity contribution is 7.09. The summed E-state index contributed by atoms with van der Waals surface area (Å²) in [5, 5.41) is 14.7. The maximum absolute atomic E-state index is 11.5. The molecule has 1 aliphatic rings. The van der Waals surface area contributed by atoms with Crippen LogP contribution in [0.1, 0.15) is 23.4 Å². The van der Waals surface area contributed by atoms with Crippen molar-refractivity contribution in [3.8, 4) is 0 Å². The predicted molar refractivity (Wildman–Crippen MR) is 65.8 cm³/mol. The molecule has 3 N–H and O–H groups in total. The Bertz CT molecular complexity index is 401. The van der Waals surface area contributed by atoms with Crippen LogP contribution in [0.2, 0.25) is 0 Å². The van der Waals surface area contributed by atoms with Crippen molar-refractivity contribution in [3.63, 3.8) is 0 Å². The molecule has 1 aliphatic carbocycles. The molecule has 1 saturated carbocycles. The lowest BCUT2D eigenvalue weighted by Gasteiger charge is -2.13. The number of urea groups is 1. The van der Waals surface area contributed by atoms with Crippen molar-refractivity contribution in [1.29, 1.82) is 0 Å². The van der Waals surface area contributed by atoms with Gasteiger partial charge in [-0.3, -0.25) is 0 Å². The van der Waals surface area contributed by atoms with Crippen molar-refractivity contribution in [3.05, 3.63) is 16.1 Å². The van der Waals surface area contributed by atoms with E-state index in [-0.39, 0.29) is 18.1 Å². The Morgan fingerprint density at radius 1 is 1.59 bits per heavy atom. The van der Waals surface area contributed by atoms with Crippen molar-refractivity contribution in [2.45, 2.75) is 26.3 Å². The molecule has 0 spiro atoms. The third-order valence-electron chi connectivity index (χ3n) is 3.17. The van der Waals surface area contributed by atoms with Gasteiger partial charge in [-0.15, -0.1) is 11.3 Å². The van der Waals surface area contributed by atoms with Crippen molar-refractivity contribution >= 4 is 17.4 Å². The molecule has 0 radical (unpaired) electrons. The summed E-state index contributed by atoms with van der Waals surface area (Å²) in [6.45, 7) is 3.14. The lowest BCUT2D eigenvalue weighted by molar-refractivity contribution is 0.203. The zero-order valence-electron chi connectivity index (χ0n) is 9.82. The van der Waals surface area contributed by atoms with E-state index in [1.54, 1.807) is 5.51 Å². The molecule has 1 aromatic heterocycles. The normalized spacial score (nSPS) is 16.6. The van der Waals surface area contributed by atoms with Gasteiger partial charge in [0.2, 0.25) is 0 Å². The molecule has 1 fully saturated rings. The topological polar surface area (TPSA) is 74.2 Å². The van der Waals surface area contributed by atoms with E-state index in [2.05, 4.69) is 15.6 Å². The number of aromatic nitrogens is 1. The van der Waals surface area contributed by atoms with Gasteiger partial charge in [0.15, 0.2) is 0 Å². The third kappa shape index (κ3) is 3.17. The SMILES string of the molecule is Cc1ncsc1CNC(=O)NCC1(CO)CC1. The van der Waals surface area contributed by atoms with Gasteiger partial charge in [0.1, 0.15) is 0 Å². The molecule has 6 heteroatoms. The lowest BCUT2D eigenvalue weighted by Crippen LogP contribution is -2.39. The van der Waals surface area contributed by atoms with Gasteiger partial charge in [-0.05, 0) is 19.8 Å². The fourth-order valence-corrected chi connectivity index (χ4v) is 2.27. The van der Waals surface area contributed by atoms with Gasteiger partial charge >= 0.3 is 6.03 Å². The summed E-state index contributed by atoms with van der Waals surface area (Å²) >= 11 is 1.54. The van der Waals surface area contributed by atoms with Crippen molar-refractivity contribution in [2.75, 3.05) is 13.2 Å². The van der Waals surface area contributed by atoms with Crippen LogP contribution in [0, 0.1) is 12.3 Å². The second kappa shape index (κ2) is 5.01. The maximum Gasteiger partial charge on any atom is 0.315 e. The van der Waals surface area contributed by atoms with E-state index >= 15 is 0 Å². The van der Waals surface area contributed by atoms with Gasteiger partial charge in [0, 0.05) is 16.8 Å². The number of nitrogens with zero attached hydrogens (tertiary/aromatic N) is 1. The minimum absolute atomic E-state index is 0.0439. The van der Waals surface area contributed by atoms with E-state index in [1.807, 2.05) is 6.92 Å². The fraction of sp³-hybridized carbons (Fsp3) is 0.636. The number of amides is 2. The Morgan fingerprint density at radius 3 is 2.88 bits per heavy atom. The van der Waals surface area contributed by atoms with Crippen molar-refractivity contribution < 1.29 is 9.90 Å². The number of carbonyl (C=O) groups excluding carboxylic acids is 1. The highest BCUT2D eigenvalue weighted by atomic mass is 32.1. The van der Waals surface area contributed by atoms with E-state index in [0.29, 0.717) is 13.1 Å². The molecule has 0 aromatic carbocycles. The van der Waals surface area contributed by atoms with E-state index in [4.69, 9.17) is 5.11 Å². The summed E-state index contributed by atoms with van der Waals surface area (Å²) < 4.78 is 0. The van der Waals surface area contributed by atoms with Gasteiger partial charge in [0.05, 0.1) is 24.4 Å². The van der Waals surface area contributed by atoms with Crippen LogP contribution < -0.4 is 10.6 Å². The first-order valence-corrected chi connectivity index (χ1v) is 6.55. The number of carbonyl (C=O) groups is 1. The molecule has 1 heterocycles. The Morgan fingerprint density at radius 2 is 2.35 bits per heavy atom. The Balaban J connectivity index is 1.69. The second-order valence-corrected chi connectivity index (χ2v) is 5.49. The van der Waals surface area contributed by atoms with Crippen molar-refractivity contribution in [2.24, 2.45) is 5.41 Å². The number of hydrogen-bond acceptors (Lipinski definition) is 4. The molecule has 1 aromatic rings. The molecule has 2 amide bonds. The molecule has 0 unspecified atom stereocenters. The molecular formula is C11H17N3O2S. The van der Waals surface area contributed by atoms with Crippen LogP contribution in [-0.2, 0) is 6.54 Å². The van der Waals surface area contributed by atoms with Crippen LogP contribution in [0.25, 0.3) is 0 Å². The quantitative estimate of drug-likeness (QED) is 0.735. The van der Waals surface area contributed by atoms with Crippen LogP contribution in [0.15, 0.2) is 5.51 Å². The number of rotatable bonds is 5. The van der Waals surface area contributed by atoms with E-state index in [0.717, 1.165) is 23.4 Å². The largest absolute Gasteiger partial charge is 0.396 e. The summed E-state index contributed by atoms with van der Waals surface area (Å²) in [5.41, 5.74) is 2.69. The smallest absolute Gasteiger partial charge is 0.315 e. The molecule has 0 bridgehead atoms. The number of hydrogen-bond donors (Lipinski definition) is 3. The first-order valence-electron chi connectivity index (χ1n) is 5.67. The van der Waals surface area contributed by atoms with Crippen LogP contribution in [0.5, 0.6) is 0 Å². The van der Waals surface area contributed by atoms with E-state index in [9.17, 15) is 4.79 Å². The van der Waals surface area contributed by atoms with Gasteiger partial charge in [-0.1, -0.05) is 0 Å². The first-order chi connectivity index (χ1) is 8.15. The molecule has 94 valence electrons. The predicted octanol–water partition coefficient (Wildman–Crippen LogP) is 1.02. The first kappa shape index (κ1) is 12.3. The van der Waals surface area contributed by atoms with Crippen LogP contribution in [0.4, 0.5) is 4.79 Å². The second-order valence-electron chi connectivity index (χ2n) is 4.56. The standard InChI is InChI=1S/C11H17N3O2S/c1-8-9(17-7-14-8)4-12-10(16)13-5-11(6-15)2-3-11/h7,15H,2-6H2,1H3,(H2,12,13,16). The van der Waals surface area contributed by atoms with Crippen molar-refractivity contribution in [1.82, 2.24) is 15.6 Å². The van der Waals surface area contributed by atoms with Gasteiger partial charge < -0.3 is 15.7 Å². The zero-order valence-corrected chi connectivity index (χ0v) is 10.6. The van der Waals surface area contributed by atoms with Crippen LogP contribution >= 0.6 is 11.3 Å². The minimum Gasteiger partial charge on any atom is -0.396 e. The minimum atomic E-state index is -0.183. The average molecular weight is 255 g/mol.